The Bertz CT molecular complexity index is 1260. The number of nitrogens with one attached hydrogen (secondary N) is 1. The third-order valence-corrected chi connectivity index (χ3v) is 7.25. The lowest BCUT2D eigenvalue weighted by Crippen LogP contribution is -2.62. The lowest BCUT2D eigenvalue weighted by atomic mass is 9.90. The highest BCUT2D eigenvalue weighted by Gasteiger charge is 2.46. The zero-order valence-electron chi connectivity index (χ0n) is 21.1. The molecule has 0 aliphatic carbocycles. The number of para-hydroxylation sites is 1. The van der Waals surface area contributed by atoms with Crippen LogP contribution in [0.1, 0.15) is 47.9 Å². The Hall–Kier alpha value is -3.39. The number of hydrogen-bond acceptors (Lipinski definition) is 5. The SMILES string of the molecule is CCN1CCOc2ccccc2CCCCC2(CN(C(=O)c3ccc4nc(C)[nH]c4c3)CCO2)C1=O. The van der Waals surface area contributed by atoms with E-state index >= 15 is 0 Å². The minimum Gasteiger partial charge on any atom is -0.491 e. The highest BCUT2D eigenvalue weighted by atomic mass is 16.5. The number of likely N-dealkylation sites (N-methyl/N-ethyl adjacent to an activating group) is 1. The van der Waals surface area contributed by atoms with E-state index in [4.69, 9.17) is 9.47 Å². The average molecular weight is 491 g/mol. The fraction of sp³-hybridized carbons (Fsp3) is 0.464. The van der Waals surface area contributed by atoms with E-state index in [-0.39, 0.29) is 18.4 Å². The van der Waals surface area contributed by atoms with Gasteiger partial charge in [0.2, 0.25) is 0 Å². The number of nitrogens with zero attached hydrogens (tertiary/aromatic N) is 3. The number of rotatable bonds is 2. The summed E-state index contributed by atoms with van der Waals surface area (Å²) in [7, 11) is 0. The summed E-state index contributed by atoms with van der Waals surface area (Å²) in [4.78, 5) is 38.6. The summed E-state index contributed by atoms with van der Waals surface area (Å²) in [5.74, 6) is 1.56. The summed E-state index contributed by atoms with van der Waals surface area (Å²) in [6, 6.07) is 13.6. The van der Waals surface area contributed by atoms with Crippen molar-refractivity contribution in [2.75, 3.05) is 39.4 Å². The number of carbonyl (C=O) groups excluding carboxylic acids is 2. The number of fused-ring (bicyclic) bond motifs is 2. The van der Waals surface area contributed by atoms with Crippen molar-refractivity contribution in [1.82, 2.24) is 19.8 Å². The molecule has 2 amide bonds. The number of morpholine rings is 1. The number of carbonyl (C=O) groups is 2. The van der Waals surface area contributed by atoms with Crippen molar-refractivity contribution in [3.63, 3.8) is 0 Å². The smallest absolute Gasteiger partial charge is 0.256 e. The van der Waals surface area contributed by atoms with E-state index in [1.165, 1.54) is 5.56 Å². The fourth-order valence-corrected chi connectivity index (χ4v) is 5.33. The van der Waals surface area contributed by atoms with Crippen LogP contribution in [0.15, 0.2) is 42.5 Å². The van der Waals surface area contributed by atoms with Gasteiger partial charge < -0.3 is 24.3 Å². The lowest BCUT2D eigenvalue weighted by molar-refractivity contribution is -0.170. The Morgan fingerprint density at radius 1 is 1.14 bits per heavy atom. The molecular formula is C28H34N4O4. The summed E-state index contributed by atoms with van der Waals surface area (Å²) in [6.07, 6.45) is 3.19. The third-order valence-electron chi connectivity index (χ3n) is 7.25. The molecule has 0 radical (unpaired) electrons. The molecule has 5 rings (SSSR count). The Balaban J connectivity index is 1.38. The topological polar surface area (TPSA) is 87.8 Å². The number of aromatic nitrogens is 2. The number of aryl methyl sites for hydroxylation is 2. The van der Waals surface area contributed by atoms with Crippen LogP contribution in [0.25, 0.3) is 11.0 Å². The third kappa shape index (κ3) is 4.82. The van der Waals surface area contributed by atoms with Crippen LogP contribution in [0, 0.1) is 6.92 Å². The van der Waals surface area contributed by atoms with Crippen LogP contribution in [0.2, 0.25) is 0 Å². The molecule has 0 saturated carbocycles. The summed E-state index contributed by atoms with van der Waals surface area (Å²) in [6.45, 7) is 6.34. The fourth-order valence-electron chi connectivity index (χ4n) is 5.33. The first-order valence-corrected chi connectivity index (χ1v) is 12.9. The van der Waals surface area contributed by atoms with Crippen molar-refractivity contribution in [3.05, 3.63) is 59.4 Å². The Morgan fingerprint density at radius 2 is 2.00 bits per heavy atom. The van der Waals surface area contributed by atoms with Gasteiger partial charge in [-0.15, -0.1) is 0 Å². The molecule has 8 nitrogen and oxygen atoms in total. The van der Waals surface area contributed by atoms with Gasteiger partial charge in [-0.1, -0.05) is 18.2 Å². The van der Waals surface area contributed by atoms with Crippen LogP contribution in [-0.2, 0) is 16.0 Å². The average Bonchev–Trinajstić information content (AvgIpc) is 3.28. The molecule has 36 heavy (non-hydrogen) atoms. The first-order valence-electron chi connectivity index (χ1n) is 12.9. The Morgan fingerprint density at radius 3 is 2.86 bits per heavy atom. The number of hydrogen-bond donors (Lipinski definition) is 1. The molecule has 1 saturated heterocycles. The quantitative estimate of drug-likeness (QED) is 0.591. The molecule has 2 aliphatic heterocycles. The lowest BCUT2D eigenvalue weighted by Gasteiger charge is -2.44. The van der Waals surface area contributed by atoms with Gasteiger partial charge in [-0.2, -0.15) is 0 Å². The molecule has 2 aromatic carbocycles. The van der Waals surface area contributed by atoms with Crippen LogP contribution < -0.4 is 4.74 Å². The van der Waals surface area contributed by atoms with E-state index in [0.717, 1.165) is 41.9 Å². The van der Waals surface area contributed by atoms with Gasteiger partial charge >= 0.3 is 0 Å². The number of benzene rings is 2. The molecule has 2 aliphatic rings. The normalized spacial score (nSPS) is 21.6. The summed E-state index contributed by atoms with van der Waals surface area (Å²) >= 11 is 0. The van der Waals surface area contributed by atoms with Crippen molar-refractivity contribution >= 4 is 22.8 Å². The second kappa shape index (κ2) is 10.3. The molecule has 0 bridgehead atoms. The van der Waals surface area contributed by atoms with Crippen LogP contribution in [0.3, 0.4) is 0 Å². The molecule has 1 unspecified atom stereocenters. The van der Waals surface area contributed by atoms with Gasteiger partial charge in [-0.05, 0) is 69.4 Å². The number of ether oxygens (including phenoxy) is 2. The maximum atomic E-state index is 13.9. The second-order valence-corrected chi connectivity index (χ2v) is 9.67. The first kappa shape index (κ1) is 24.3. The van der Waals surface area contributed by atoms with Crippen molar-refractivity contribution in [2.24, 2.45) is 0 Å². The van der Waals surface area contributed by atoms with Crippen molar-refractivity contribution in [2.45, 2.75) is 45.1 Å². The van der Waals surface area contributed by atoms with E-state index in [2.05, 4.69) is 16.0 Å². The minimum atomic E-state index is -1.04. The van der Waals surface area contributed by atoms with E-state index in [1.807, 2.05) is 50.2 Å². The highest BCUT2D eigenvalue weighted by Crippen LogP contribution is 2.30. The van der Waals surface area contributed by atoms with Gasteiger partial charge in [0.05, 0.1) is 30.7 Å². The van der Waals surface area contributed by atoms with E-state index < -0.39 is 5.60 Å². The molecule has 8 heteroatoms. The molecule has 1 aromatic heterocycles. The Kier molecular flexibility index (Phi) is 6.96. The predicted octanol–water partition coefficient (Wildman–Crippen LogP) is 3.74. The standard InChI is InChI=1S/C28H34N4O4/c1-3-31-14-16-35-25-10-5-4-8-21(25)9-6-7-13-28(27(31)34)19-32(15-17-36-28)26(33)22-11-12-23-24(18-22)30-20(2)29-23/h4-5,8,10-12,18H,3,6-7,9,13-17,19H2,1-2H3,(H,29,30). The second-order valence-electron chi connectivity index (χ2n) is 9.67. The monoisotopic (exact) mass is 490 g/mol. The predicted molar refractivity (Wildman–Crippen MR) is 137 cm³/mol. The maximum Gasteiger partial charge on any atom is 0.256 e. The molecular weight excluding hydrogens is 456 g/mol. The van der Waals surface area contributed by atoms with Crippen LogP contribution in [-0.4, -0.2) is 76.6 Å². The van der Waals surface area contributed by atoms with Gasteiger partial charge in [0, 0.05) is 18.7 Å². The molecule has 3 aromatic rings. The van der Waals surface area contributed by atoms with Crippen LogP contribution >= 0.6 is 0 Å². The first-order chi connectivity index (χ1) is 17.5. The zero-order valence-corrected chi connectivity index (χ0v) is 21.1. The number of amides is 2. The number of imidazole rings is 1. The largest absolute Gasteiger partial charge is 0.491 e. The summed E-state index contributed by atoms with van der Waals surface area (Å²) in [5.41, 5.74) is 2.39. The van der Waals surface area contributed by atoms with Crippen LogP contribution in [0.4, 0.5) is 0 Å². The Labute approximate surface area is 211 Å². The molecule has 1 atom stereocenters. The van der Waals surface area contributed by atoms with Crippen LogP contribution in [0.5, 0.6) is 5.75 Å². The highest BCUT2D eigenvalue weighted by molar-refractivity contribution is 5.98. The molecule has 3 heterocycles. The number of H-pyrrole nitrogens is 1. The maximum absolute atomic E-state index is 13.9. The van der Waals surface area contributed by atoms with E-state index in [0.29, 0.717) is 44.8 Å². The minimum absolute atomic E-state index is 0.0559. The molecule has 1 N–H and O–H groups in total. The van der Waals surface area contributed by atoms with Crippen molar-refractivity contribution < 1.29 is 19.1 Å². The zero-order chi connectivity index (χ0) is 25.1. The van der Waals surface area contributed by atoms with Crippen molar-refractivity contribution in [3.8, 4) is 5.75 Å². The summed E-state index contributed by atoms with van der Waals surface area (Å²) in [5, 5.41) is 0. The van der Waals surface area contributed by atoms with Gasteiger partial charge in [-0.3, -0.25) is 9.59 Å². The van der Waals surface area contributed by atoms with Gasteiger partial charge in [0.25, 0.3) is 11.8 Å². The number of aromatic amines is 1. The van der Waals surface area contributed by atoms with E-state index in [1.54, 1.807) is 9.80 Å². The van der Waals surface area contributed by atoms with Crippen molar-refractivity contribution in [1.29, 1.82) is 0 Å². The van der Waals surface area contributed by atoms with E-state index in [9.17, 15) is 9.59 Å². The van der Waals surface area contributed by atoms with Gasteiger partial charge in [-0.25, -0.2) is 4.98 Å². The molecule has 1 spiro atoms. The molecule has 190 valence electrons. The summed E-state index contributed by atoms with van der Waals surface area (Å²) < 4.78 is 12.3. The molecule has 1 fully saturated rings. The van der Waals surface area contributed by atoms with Gasteiger partial charge in [0.15, 0.2) is 5.60 Å². The van der Waals surface area contributed by atoms with Gasteiger partial charge in [0.1, 0.15) is 18.2 Å².